The minimum atomic E-state index is -0.152. The summed E-state index contributed by atoms with van der Waals surface area (Å²) in [5.74, 6) is 0.464. The molecule has 4 rings (SSSR count). The van der Waals surface area contributed by atoms with E-state index in [-0.39, 0.29) is 12.5 Å². The third-order valence-electron chi connectivity index (χ3n) is 4.37. The van der Waals surface area contributed by atoms with Crippen molar-refractivity contribution in [2.45, 2.75) is 13.3 Å². The van der Waals surface area contributed by atoms with Gasteiger partial charge in [0.15, 0.2) is 6.61 Å². The maximum Gasteiger partial charge on any atom is 0.280 e. The van der Waals surface area contributed by atoms with E-state index in [1.54, 1.807) is 0 Å². The number of nitrogens with zero attached hydrogens (tertiary/aromatic N) is 3. The Morgan fingerprint density at radius 3 is 2.77 bits per heavy atom. The van der Waals surface area contributed by atoms with Crippen molar-refractivity contribution in [3.05, 3.63) is 71.9 Å². The second-order valence-electron chi connectivity index (χ2n) is 6.25. The van der Waals surface area contributed by atoms with Crippen LogP contribution in [0.3, 0.4) is 0 Å². The van der Waals surface area contributed by atoms with Crippen molar-refractivity contribution >= 4 is 22.5 Å². The number of amides is 1. The number of hydrogen-bond acceptors (Lipinski definition) is 4. The van der Waals surface area contributed by atoms with Crippen molar-refractivity contribution in [1.82, 2.24) is 9.99 Å². The molecule has 0 bridgehead atoms. The molecule has 0 atom stereocenters. The number of hydrazone groups is 1. The number of aryl methyl sites for hydroxylation is 1. The van der Waals surface area contributed by atoms with Crippen LogP contribution in [0.25, 0.3) is 10.9 Å². The summed E-state index contributed by atoms with van der Waals surface area (Å²) in [6.07, 6.45) is 0.755. The summed E-state index contributed by atoms with van der Waals surface area (Å²) < 4.78 is 5.77. The fraction of sp³-hybridized carbons (Fsp3) is 0.190. The number of carbonyl (C=O) groups excluding carboxylic acids is 1. The van der Waals surface area contributed by atoms with Gasteiger partial charge in [0.2, 0.25) is 0 Å². The topological polar surface area (TPSA) is 54.8 Å². The van der Waals surface area contributed by atoms with E-state index in [2.05, 4.69) is 10.1 Å². The lowest BCUT2D eigenvalue weighted by Gasteiger charge is -2.13. The van der Waals surface area contributed by atoms with Gasteiger partial charge >= 0.3 is 0 Å². The summed E-state index contributed by atoms with van der Waals surface area (Å²) in [6, 6.07) is 19.6. The molecule has 1 aromatic heterocycles. The Hall–Kier alpha value is -3.21. The van der Waals surface area contributed by atoms with E-state index in [9.17, 15) is 4.79 Å². The van der Waals surface area contributed by atoms with Gasteiger partial charge in [-0.05, 0) is 24.6 Å². The molecule has 5 heteroatoms. The lowest BCUT2D eigenvalue weighted by atomic mass is 10.1. The Kier molecular flexibility index (Phi) is 4.35. The minimum Gasteiger partial charge on any atom is -0.481 e. The number of pyridine rings is 1. The van der Waals surface area contributed by atoms with E-state index in [1.165, 1.54) is 5.01 Å². The van der Waals surface area contributed by atoms with E-state index in [4.69, 9.17) is 4.74 Å². The molecule has 0 saturated heterocycles. The molecular formula is C21H19N3O2. The minimum absolute atomic E-state index is 0.0553. The van der Waals surface area contributed by atoms with Crippen LogP contribution in [0, 0.1) is 6.92 Å². The number of benzene rings is 2. The molecule has 3 aromatic rings. The highest BCUT2D eigenvalue weighted by Gasteiger charge is 2.22. The Labute approximate surface area is 151 Å². The highest BCUT2D eigenvalue weighted by molar-refractivity contribution is 6.02. The van der Waals surface area contributed by atoms with E-state index in [0.29, 0.717) is 12.3 Å². The second-order valence-corrected chi connectivity index (χ2v) is 6.25. The molecule has 0 radical (unpaired) electrons. The highest BCUT2D eigenvalue weighted by atomic mass is 16.5. The van der Waals surface area contributed by atoms with Gasteiger partial charge in [-0.15, -0.1) is 0 Å². The number of para-hydroxylation sites is 1. The first-order chi connectivity index (χ1) is 12.7. The molecule has 0 fully saturated rings. The van der Waals surface area contributed by atoms with Crippen LogP contribution in [0.2, 0.25) is 0 Å². The Morgan fingerprint density at radius 1 is 1.08 bits per heavy atom. The van der Waals surface area contributed by atoms with Crippen molar-refractivity contribution in [2.24, 2.45) is 5.10 Å². The molecule has 2 aromatic carbocycles. The van der Waals surface area contributed by atoms with Crippen LogP contribution in [0.4, 0.5) is 0 Å². The molecule has 130 valence electrons. The van der Waals surface area contributed by atoms with E-state index in [1.807, 2.05) is 67.6 Å². The smallest absolute Gasteiger partial charge is 0.280 e. The molecule has 26 heavy (non-hydrogen) atoms. The Bertz CT molecular complexity index is 983. The average Bonchev–Trinajstić information content (AvgIpc) is 3.17. The molecule has 1 amide bonds. The fourth-order valence-electron chi connectivity index (χ4n) is 3.02. The predicted octanol–water partition coefficient (Wildman–Crippen LogP) is 3.56. The second kappa shape index (κ2) is 6.96. The molecule has 0 N–H and O–H groups in total. The van der Waals surface area contributed by atoms with Crippen molar-refractivity contribution in [3.63, 3.8) is 0 Å². The third-order valence-corrected chi connectivity index (χ3v) is 4.37. The maximum absolute atomic E-state index is 12.5. The summed E-state index contributed by atoms with van der Waals surface area (Å²) in [5.41, 5.74) is 3.67. The van der Waals surface area contributed by atoms with Gasteiger partial charge in [0.05, 0.1) is 12.3 Å². The van der Waals surface area contributed by atoms with Crippen LogP contribution in [0.15, 0.2) is 65.8 Å². The highest BCUT2D eigenvalue weighted by Crippen LogP contribution is 2.24. The van der Waals surface area contributed by atoms with Gasteiger partial charge in [0, 0.05) is 17.5 Å². The largest absolute Gasteiger partial charge is 0.481 e. The van der Waals surface area contributed by atoms with E-state index < -0.39 is 0 Å². The molecule has 0 saturated carbocycles. The van der Waals surface area contributed by atoms with Crippen LogP contribution in [0.5, 0.6) is 5.75 Å². The third kappa shape index (κ3) is 3.28. The molecule has 0 unspecified atom stereocenters. The summed E-state index contributed by atoms with van der Waals surface area (Å²) in [4.78, 5) is 17.0. The first-order valence-electron chi connectivity index (χ1n) is 8.63. The van der Waals surface area contributed by atoms with Gasteiger partial charge in [0.1, 0.15) is 11.3 Å². The van der Waals surface area contributed by atoms with Crippen LogP contribution in [-0.4, -0.2) is 34.8 Å². The van der Waals surface area contributed by atoms with Gasteiger partial charge in [-0.25, -0.2) is 9.99 Å². The predicted molar refractivity (Wildman–Crippen MR) is 101 cm³/mol. The summed E-state index contributed by atoms with van der Waals surface area (Å²) in [5, 5.41) is 6.94. The summed E-state index contributed by atoms with van der Waals surface area (Å²) >= 11 is 0. The van der Waals surface area contributed by atoms with E-state index >= 15 is 0 Å². The molecule has 2 heterocycles. The lowest BCUT2D eigenvalue weighted by molar-refractivity contribution is -0.132. The van der Waals surface area contributed by atoms with Gasteiger partial charge < -0.3 is 4.74 Å². The standard InChI is InChI=1S/C21H19N3O2/c1-15-10-11-17-8-5-9-19(21(17)22-15)26-14-20(25)24-13-12-18(23-24)16-6-3-2-4-7-16/h2-11H,12-14H2,1H3. The lowest BCUT2D eigenvalue weighted by Crippen LogP contribution is -2.28. The van der Waals surface area contributed by atoms with Crippen molar-refractivity contribution < 1.29 is 9.53 Å². The zero-order chi connectivity index (χ0) is 17.9. The quantitative estimate of drug-likeness (QED) is 0.726. The normalized spacial score (nSPS) is 13.7. The van der Waals surface area contributed by atoms with Gasteiger partial charge in [-0.1, -0.05) is 48.5 Å². The zero-order valence-corrected chi connectivity index (χ0v) is 14.6. The SMILES string of the molecule is Cc1ccc2cccc(OCC(=O)N3CCC(c4ccccc4)=N3)c2n1. The van der Waals surface area contributed by atoms with Crippen LogP contribution in [0.1, 0.15) is 17.7 Å². The van der Waals surface area contributed by atoms with Crippen molar-refractivity contribution in [1.29, 1.82) is 0 Å². The molecule has 0 aliphatic carbocycles. The van der Waals surface area contributed by atoms with Crippen LogP contribution >= 0.6 is 0 Å². The Balaban J connectivity index is 1.47. The number of hydrogen-bond donors (Lipinski definition) is 0. The van der Waals surface area contributed by atoms with Crippen LogP contribution < -0.4 is 4.74 Å². The van der Waals surface area contributed by atoms with Gasteiger partial charge in [0.25, 0.3) is 5.91 Å². The summed E-state index contributed by atoms with van der Waals surface area (Å²) in [6.45, 7) is 2.46. The zero-order valence-electron chi connectivity index (χ0n) is 14.6. The number of ether oxygens (including phenoxy) is 1. The molecule has 5 nitrogen and oxygen atoms in total. The first-order valence-corrected chi connectivity index (χ1v) is 8.63. The Morgan fingerprint density at radius 2 is 1.92 bits per heavy atom. The van der Waals surface area contributed by atoms with Crippen molar-refractivity contribution in [2.75, 3.05) is 13.2 Å². The molecule has 1 aliphatic heterocycles. The summed E-state index contributed by atoms with van der Waals surface area (Å²) in [7, 11) is 0. The maximum atomic E-state index is 12.5. The fourth-order valence-corrected chi connectivity index (χ4v) is 3.02. The number of rotatable bonds is 4. The molecule has 0 spiro atoms. The van der Waals surface area contributed by atoms with Gasteiger partial charge in [-0.3, -0.25) is 4.79 Å². The van der Waals surface area contributed by atoms with Crippen LogP contribution in [-0.2, 0) is 4.79 Å². The average molecular weight is 345 g/mol. The molecular weight excluding hydrogens is 326 g/mol. The monoisotopic (exact) mass is 345 g/mol. The number of carbonyl (C=O) groups is 1. The first kappa shape index (κ1) is 16.3. The number of aromatic nitrogens is 1. The van der Waals surface area contributed by atoms with Crippen molar-refractivity contribution in [3.8, 4) is 5.75 Å². The number of fused-ring (bicyclic) bond motifs is 1. The van der Waals surface area contributed by atoms with Gasteiger partial charge in [-0.2, -0.15) is 5.10 Å². The molecule has 1 aliphatic rings. The van der Waals surface area contributed by atoms with E-state index in [0.717, 1.165) is 34.3 Å².